The first kappa shape index (κ1) is 11.9. The number of aldehydes is 1. The van der Waals surface area contributed by atoms with Gasteiger partial charge in [0.15, 0.2) is 0 Å². The van der Waals surface area contributed by atoms with Crippen LogP contribution in [0.1, 0.15) is 12.8 Å². The highest BCUT2D eigenvalue weighted by Gasteiger charge is 2.23. The molecule has 1 atom stereocenters. The van der Waals surface area contributed by atoms with Crippen molar-refractivity contribution >= 4 is 12.2 Å². The average Bonchev–Trinajstić information content (AvgIpc) is 2.79. The third kappa shape index (κ3) is 2.75. The van der Waals surface area contributed by atoms with E-state index in [4.69, 9.17) is 0 Å². The molecule has 0 aliphatic carbocycles. The van der Waals surface area contributed by atoms with Gasteiger partial charge in [-0.1, -0.05) is 6.08 Å². The number of allylic oxidation sites excluding steroid dienone is 1. The number of rotatable bonds is 2. The predicted octanol–water partition coefficient (Wildman–Crippen LogP) is 0.809. The monoisotopic (exact) mass is 234 g/mol. The predicted molar refractivity (Wildman–Crippen MR) is 65.2 cm³/mol. The van der Waals surface area contributed by atoms with Gasteiger partial charge in [0.2, 0.25) is 5.91 Å². The van der Waals surface area contributed by atoms with Crippen molar-refractivity contribution in [2.75, 3.05) is 26.7 Å². The van der Waals surface area contributed by atoms with E-state index in [2.05, 4.69) is 11.0 Å². The molecule has 1 fully saturated rings. The van der Waals surface area contributed by atoms with E-state index in [1.54, 1.807) is 11.0 Å². The molecule has 4 nitrogen and oxygen atoms in total. The Hall–Kier alpha value is -1.58. The maximum atomic E-state index is 11.6. The van der Waals surface area contributed by atoms with Crippen LogP contribution in [0.15, 0.2) is 23.9 Å². The van der Waals surface area contributed by atoms with Crippen LogP contribution in [0.25, 0.3) is 0 Å². The molecule has 0 aromatic heterocycles. The molecular weight excluding hydrogens is 216 g/mol. The number of hydrogen-bond acceptors (Lipinski definition) is 3. The molecule has 2 heterocycles. The van der Waals surface area contributed by atoms with Crippen LogP contribution in [0.3, 0.4) is 0 Å². The quantitative estimate of drug-likeness (QED) is 0.664. The molecule has 1 unspecified atom stereocenters. The Morgan fingerprint density at radius 2 is 2.18 bits per heavy atom. The summed E-state index contributed by atoms with van der Waals surface area (Å²) in [6.07, 6.45) is 8.44. The van der Waals surface area contributed by atoms with Crippen molar-refractivity contribution in [2.24, 2.45) is 5.92 Å². The second-order valence-corrected chi connectivity index (χ2v) is 4.64. The first-order valence-electron chi connectivity index (χ1n) is 6.04. The van der Waals surface area contributed by atoms with Gasteiger partial charge in [0, 0.05) is 44.4 Å². The number of likely N-dealkylation sites (tertiary alicyclic amines) is 1. The summed E-state index contributed by atoms with van der Waals surface area (Å²) in [5.74, 6) is 0.190. The van der Waals surface area contributed by atoms with E-state index in [-0.39, 0.29) is 11.8 Å². The van der Waals surface area contributed by atoms with Crippen molar-refractivity contribution in [1.29, 1.82) is 0 Å². The lowest BCUT2D eigenvalue weighted by atomic mass is 10.1. The highest BCUT2D eigenvalue weighted by Crippen LogP contribution is 2.20. The van der Waals surface area contributed by atoms with Crippen molar-refractivity contribution in [1.82, 2.24) is 9.80 Å². The van der Waals surface area contributed by atoms with E-state index in [1.807, 2.05) is 13.1 Å². The molecule has 0 aromatic rings. The number of carbonyl (C=O) groups is 2. The van der Waals surface area contributed by atoms with Gasteiger partial charge in [0.25, 0.3) is 0 Å². The Kier molecular flexibility index (Phi) is 3.61. The zero-order chi connectivity index (χ0) is 12.3. The average molecular weight is 234 g/mol. The summed E-state index contributed by atoms with van der Waals surface area (Å²) in [6, 6.07) is 0. The maximum absolute atomic E-state index is 11.6. The zero-order valence-electron chi connectivity index (χ0n) is 10.1. The van der Waals surface area contributed by atoms with Gasteiger partial charge in [-0.25, -0.2) is 0 Å². The van der Waals surface area contributed by atoms with Crippen molar-refractivity contribution in [3.8, 4) is 0 Å². The van der Waals surface area contributed by atoms with Gasteiger partial charge in [0.05, 0.1) is 0 Å². The summed E-state index contributed by atoms with van der Waals surface area (Å²) in [6.45, 7) is 2.44. The summed E-state index contributed by atoms with van der Waals surface area (Å²) in [4.78, 5) is 26.2. The summed E-state index contributed by atoms with van der Waals surface area (Å²) < 4.78 is 0. The van der Waals surface area contributed by atoms with Crippen LogP contribution in [0.4, 0.5) is 0 Å². The molecule has 1 amide bonds. The van der Waals surface area contributed by atoms with E-state index in [9.17, 15) is 9.59 Å². The molecule has 92 valence electrons. The fourth-order valence-electron chi connectivity index (χ4n) is 2.24. The molecule has 2 aliphatic rings. The van der Waals surface area contributed by atoms with Gasteiger partial charge in [-0.05, 0) is 18.9 Å². The topological polar surface area (TPSA) is 40.6 Å². The second kappa shape index (κ2) is 5.17. The molecule has 0 bridgehead atoms. The summed E-state index contributed by atoms with van der Waals surface area (Å²) in [5.41, 5.74) is 1.08. The molecule has 0 N–H and O–H groups in total. The number of amides is 1. The van der Waals surface area contributed by atoms with Gasteiger partial charge in [-0.3, -0.25) is 4.79 Å². The van der Waals surface area contributed by atoms with Gasteiger partial charge in [-0.2, -0.15) is 0 Å². The highest BCUT2D eigenvalue weighted by molar-refractivity contribution is 5.88. The van der Waals surface area contributed by atoms with Crippen molar-refractivity contribution in [2.45, 2.75) is 12.8 Å². The first-order chi connectivity index (χ1) is 8.20. The zero-order valence-corrected chi connectivity index (χ0v) is 10.1. The highest BCUT2D eigenvalue weighted by atomic mass is 16.2. The molecule has 0 radical (unpaired) electrons. The van der Waals surface area contributed by atoms with Crippen LogP contribution < -0.4 is 0 Å². The smallest absolute Gasteiger partial charge is 0.246 e. The molecule has 17 heavy (non-hydrogen) atoms. The lowest BCUT2D eigenvalue weighted by Crippen LogP contribution is -2.28. The molecule has 0 aromatic carbocycles. The number of hydrogen-bond donors (Lipinski definition) is 0. The molecular formula is C13H18N2O2. The first-order valence-corrected chi connectivity index (χ1v) is 6.04. The minimum absolute atomic E-state index is 0.0433. The molecule has 0 spiro atoms. The minimum atomic E-state index is 0.0433. The molecule has 2 aliphatic heterocycles. The Morgan fingerprint density at radius 1 is 1.35 bits per heavy atom. The van der Waals surface area contributed by atoms with E-state index in [0.717, 1.165) is 44.5 Å². The SMILES string of the molecule is CN1CC/C=C(N2CCC(C=O)C2)/C=C\C1=O. The van der Waals surface area contributed by atoms with Gasteiger partial charge in [0.1, 0.15) is 6.29 Å². The van der Waals surface area contributed by atoms with Crippen LogP contribution in [0.5, 0.6) is 0 Å². The fraction of sp³-hybridized carbons (Fsp3) is 0.538. The van der Waals surface area contributed by atoms with Crippen molar-refractivity contribution in [3.63, 3.8) is 0 Å². The second-order valence-electron chi connectivity index (χ2n) is 4.64. The Bertz CT molecular complexity index is 374. The summed E-state index contributed by atoms with van der Waals surface area (Å²) in [5, 5.41) is 0. The fourth-order valence-corrected chi connectivity index (χ4v) is 2.24. The standard InChI is InChI=1S/C13H18N2O2/c1-14-7-2-3-12(4-5-13(14)17)15-8-6-11(9-15)10-16/h3-5,10-11H,2,6-9H2,1H3/b5-4-,12-3-. The van der Waals surface area contributed by atoms with E-state index in [1.165, 1.54) is 0 Å². The maximum Gasteiger partial charge on any atom is 0.246 e. The van der Waals surface area contributed by atoms with Crippen LogP contribution in [0, 0.1) is 5.92 Å². The van der Waals surface area contributed by atoms with Crippen LogP contribution in [-0.2, 0) is 9.59 Å². The normalized spacial score (nSPS) is 30.5. The Balaban J connectivity index is 2.06. The molecule has 0 saturated carbocycles. The van der Waals surface area contributed by atoms with Gasteiger partial charge < -0.3 is 14.6 Å². The van der Waals surface area contributed by atoms with Crippen molar-refractivity contribution in [3.05, 3.63) is 23.9 Å². The summed E-state index contributed by atoms with van der Waals surface area (Å²) in [7, 11) is 1.81. The lowest BCUT2D eigenvalue weighted by Gasteiger charge is -2.22. The molecule has 1 saturated heterocycles. The molecule has 4 heteroatoms. The number of carbonyl (C=O) groups excluding carboxylic acids is 2. The number of nitrogens with zero attached hydrogens (tertiary/aromatic N) is 2. The minimum Gasteiger partial charge on any atom is -0.371 e. The third-order valence-electron chi connectivity index (χ3n) is 3.37. The van der Waals surface area contributed by atoms with Gasteiger partial charge in [-0.15, -0.1) is 0 Å². The van der Waals surface area contributed by atoms with E-state index in [0.29, 0.717) is 0 Å². The van der Waals surface area contributed by atoms with Crippen LogP contribution >= 0.6 is 0 Å². The Morgan fingerprint density at radius 3 is 2.88 bits per heavy atom. The van der Waals surface area contributed by atoms with E-state index < -0.39 is 0 Å². The lowest BCUT2D eigenvalue weighted by molar-refractivity contribution is -0.124. The summed E-state index contributed by atoms with van der Waals surface area (Å²) >= 11 is 0. The third-order valence-corrected chi connectivity index (χ3v) is 3.37. The largest absolute Gasteiger partial charge is 0.371 e. The number of likely N-dealkylation sites (N-methyl/N-ethyl adjacent to an activating group) is 1. The molecule has 2 rings (SSSR count). The van der Waals surface area contributed by atoms with Gasteiger partial charge >= 0.3 is 0 Å². The van der Waals surface area contributed by atoms with Crippen LogP contribution in [0.2, 0.25) is 0 Å². The van der Waals surface area contributed by atoms with Crippen LogP contribution in [-0.4, -0.2) is 48.7 Å². The Labute approximate surface area is 102 Å². The van der Waals surface area contributed by atoms with E-state index >= 15 is 0 Å². The van der Waals surface area contributed by atoms with Crippen molar-refractivity contribution < 1.29 is 9.59 Å².